The van der Waals surface area contributed by atoms with Gasteiger partial charge in [0, 0.05) is 12.2 Å². The number of methoxy groups -OCH3 is 1. The van der Waals surface area contributed by atoms with Crippen molar-refractivity contribution in [2.45, 2.75) is 13.0 Å². The molecule has 0 atom stereocenters. The molecule has 6 nitrogen and oxygen atoms in total. The van der Waals surface area contributed by atoms with E-state index in [0.29, 0.717) is 16.8 Å². The van der Waals surface area contributed by atoms with E-state index < -0.39 is 5.76 Å². The summed E-state index contributed by atoms with van der Waals surface area (Å²) in [5.41, 5.74) is 7.20. The van der Waals surface area contributed by atoms with Crippen LogP contribution in [0.3, 0.4) is 0 Å². The third-order valence-electron chi connectivity index (χ3n) is 2.46. The minimum atomic E-state index is -0.505. The molecule has 0 spiro atoms. The highest BCUT2D eigenvalue weighted by molar-refractivity contribution is 5.77. The van der Waals surface area contributed by atoms with Crippen LogP contribution in [0.25, 0.3) is 11.1 Å². The fourth-order valence-corrected chi connectivity index (χ4v) is 1.60. The molecule has 2 aromatic rings. The maximum atomic E-state index is 11.6. The molecule has 0 bridgehead atoms. The number of nitrogen functional groups attached to an aromatic ring is 1. The SMILES string of the molecule is COC(=O)CCn1c(=O)oc2ccc(N)cc21. The average Bonchev–Trinajstić information content (AvgIpc) is 2.61. The van der Waals surface area contributed by atoms with E-state index in [1.807, 2.05) is 0 Å². The molecule has 0 aliphatic carbocycles. The molecule has 0 fully saturated rings. The molecule has 0 amide bonds. The summed E-state index contributed by atoms with van der Waals surface area (Å²) in [6.07, 6.45) is 0.111. The Kier molecular flexibility index (Phi) is 2.86. The molecule has 2 rings (SSSR count). The highest BCUT2D eigenvalue weighted by Crippen LogP contribution is 2.16. The van der Waals surface area contributed by atoms with Crippen molar-refractivity contribution in [1.82, 2.24) is 4.57 Å². The first-order chi connectivity index (χ1) is 8.11. The highest BCUT2D eigenvalue weighted by Gasteiger charge is 2.10. The van der Waals surface area contributed by atoms with E-state index in [9.17, 15) is 9.59 Å². The van der Waals surface area contributed by atoms with E-state index in [1.165, 1.54) is 11.7 Å². The van der Waals surface area contributed by atoms with Gasteiger partial charge in [-0.3, -0.25) is 9.36 Å². The van der Waals surface area contributed by atoms with Gasteiger partial charge in [-0.2, -0.15) is 0 Å². The number of esters is 1. The van der Waals surface area contributed by atoms with Crippen LogP contribution in [0.15, 0.2) is 27.4 Å². The van der Waals surface area contributed by atoms with Gasteiger partial charge in [0.25, 0.3) is 0 Å². The van der Waals surface area contributed by atoms with Gasteiger partial charge in [0.15, 0.2) is 5.58 Å². The first-order valence-electron chi connectivity index (χ1n) is 5.07. The highest BCUT2D eigenvalue weighted by atomic mass is 16.5. The summed E-state index contributed by atoms with van der Waals surface area (Å²) in [5, 5.41) is 0. The van der Waals surface area contributed by atoms with E-state index in [1.54, 1.807) is 18.2 Å². The number of oxazole rings is 1. The van der Waals surface area contributed by atoms with Crippen LogP contribution in [0.2, 0.25) is 0 Å². The number of nitrogens with zero attached hydrogens (tertiary/aromatic N) is 1. The van der Waals surface area contributed by atoms with Gasteiger partial charge in [-0.05, 0) is 18.2 Å². The number of hydrogen-bond acceptors (Lipinski definition) is 5. The number of hydrogen-bond donors (Lipinski definition) is 1. The number of anilines is 1. The molecule has 0 saturated heterocycles. The zero-order valence-electron chi connectivity index (χ0n) is 9.30. The second kappa shape index (κ2) is 4.32. The lowest BCUT2D eigenvalue weighted by atomic mass is 10.3. The summed E-state index contributed by atoms with van der Waals surface area (Å²) in [7, 11) is 1.30. The van der Waals surface area contributed by atoms with Crippen LogP contribution >= 0.6 is 0 Å². The lowest BCUT2D eigenvalue weighted by molar-refractivity contribution is -0.140. The van der Waals surface area contributed by atoms with Crippen molar-refractivity contribution in [3.8, 4) is 0 Å². The molecular weight excluding hydrogens is 224 g/mol. The molecule has 0 unspecified atom stereocenters. The Morgan fingerprint density at radius 3 is 3.00 bits per heavy atom. The summed E-state index contributed by atoms with van der Waals surface area (Å²) >= 11 is 0. The number of aromatic nitrogens is 1. The molecule has 1 aromatic carbocycles. The number of nitrogens with two attached hydrogens (primary N) is 1. The molecule has 0 radical (unpaired) electrons. The Balaban J connectivity index is 2.38. The minimum Gasteiger partial charge on any atom is -0.469 e. The van der Waals surface area contributed by atoms with Crippen molar-refractivity contribution in [3.05, 3.63) is 28.7 Å². The fraction of sp³-hybridized carbons (Fsp3) is 0.273. The lowest BCUT2D eigenvalue weighted by Crippen LogP contribution is -2.17. The molecule has 0 aliphatic rings. The first kappa shape index (κ1) is 11.3. The number of benzene rings is 1. The topological polar surface area (TPSA) is 87.5 Å². The van der Waals surface area contributed by atoms with Gasteiger partial charge in [0.2, 0.25) is 0 Å². The van der Waals surface area contributed by atoms with E-state index in [0.717, 1.165) is 0 Å². The Morgan fingerprint density at radius 2 is 2.29 bits per heavy atom. The van der Waals surface area contributed by atoms with Crippen LogP contribution in [0, 0.1) is 0 Å². The molecule has 1 heterocycles. The predicted octanol–water partition coefficient (Wildman–Crippen LogP) is 0.740. The summed E-state index contributed by atoms with van der Waals surface area (Å²) in [5.74, 6) is -0.885. The standard InChI is InChI=1S/C11H12N2O4/c1-16-10(14)4-5-13-8-6-7(12)2-3-9(8)17-11(13)15/h2-3,6H,4-5,12H2,1H3. The second-order valence-corrected chi connectivity index (χ2v) is 3.57. The van der Waals surface area contributed by atoms with Gasteiger partial charge in [-0.1, -0.05) is 0 Å². The quantitative estimate of drug-likeness (QED) is 0.627. The molecule has 6 heteroatoms. The lowest BCUT2D eigenvalue weighted by Gasteiger charge is -2.01. The normalized spacial score (nSPS) is 10.6. The fourth-order valence-electron chi connectivity index (χ4n) is 1.60. The van der Waals surface area contributed by atoms with Gasteiger partial charge in [0.05, 0.1) is 19.0 Å². The van der Waals surface area contributed by atoms with Gasteiger partial charge >= 0.3 is 11.7 Å². The van der Waals surface area contributed by atoms with E-state index in [2.05, 4.69) is 4.74 Å². The van der Waals surface area contributed by atoms with Crippen molar-refractivity contribution in [3.63, 3.8) is 0 Å². The Labute approximate surface area is 96.6 Å². The van der Waals surface area contributed by atoms with E-state index in [4.69, 9.17) is 10.2 Å². The van der Waals surface area contributed by atoms with Crippen molar-refractivity contribution in [2.24, 2.45) is 0 Å². The van der Waals surface area contributed by atoms with Gasteiger partial charge in [-0.25, -0.2) is 4.79 Å². The molecule has 90 valence electrons. The molecule has 2 N–H and O–H groups in total. The van der Waals surface area contributed by atoms with Crippen LogP contribution in [-0.2, 0) is 16.1 Å². The van der Waals surface area contributed by atoms with E-state index in [-0.39, 0.29) is 18.9 Å². The predicted molar refractivity (Wildman–Crippen MR) is 61.5 cm³/mol. The first-order valence-corrected chi connectivity index (χ1v) is 5.07. The Morgan fingerprint density at radius 1 is 1.53 bits per heavy atom. The summed E-state index contributed by atoms with van der Waals surface area (Å²) < 4.78 is 10.9. The number of rotatable bonds is 3. The Bertz CT molecular complexity index is 611. The van der Waals surface area contributed by atoms with Crippen LogP contribution in [0.1, 0.15) is 6.42 Å². The number of ether oxygens (including phenoxy) is 1. The third kappa shape index (κ3) is 2.15. The molecule has 1 aromatic heterocycles. The third-order valence-corrected chi connectivity index (χ3v) is 2.46. The molecule has 0 saturated carbocycles. The maximum Gasteiger partial charge on any atom is 0.419 e. The monoisotopic (exact) mass is 236 g/mol. The van der Waals surface area contributed by atoms with Crippen LogP contribution < -0.4 is 11.5 Å². The maximum absolute atomic E-state index is 11.6. The van der Waals surface area contributed by atoms with Crippen LogP contribution in [0.5, 0.6) is 0 Å². The Hall–Kier alpha value is -2.24. The van der Waals surface area contributed by atoms with E-state index >= 15 is 0 Å². The smallest absolute Gasteiger partial charge is 0.419 e. The van der Waals surface area contributed by atoms with Crippen molar-refractivity contribution in [2.75, 3.05) is 12.8 Å². The molecule has 17 heavy (non-hydrogen) atoms. The number of aryl methyl sites for hydroxylation is 1. The van der Waals surface area contributed by atoms with Crippen LogP contribution in [0.4, 0.5) is 5.69 Å². The van der Waals surface area contributed by atoms with Gasteiger partial charge in [0.1, 0.15) is 0 Å². The van der Waals surface area contributed by atoms with Gasteiger partial charge in [-0.15, -0.1) is 0 Å². The number of carbonyl (C=O) groups is 1. The average molecular weight is 236 g/mol. The summed E-state index contributed by atoms with van der Waals surface area (Å²) in [6.45, 7) is 0.210. The zero-order valence-corrected chi connectivity index (χ0v) is 9.30. The van der Waals surface area contributed by atoms with Crippen molar-refractivity contribution in [1.29, 1.82) is 0 Å². The van der Waals surface area contributed by atoms with Gasteiger partial charge < -0.3 is 14.9 Å². The number of carbonyl (C=O) groups excluding carboxylic acids is 1. The zero-order chi connectivity index (χ0) is 12.4. The number of fused-ring (bicyclic) bond motifs is 1. The minimum absolute atomic E-state index is 0.111. The van der Waals surface area contributed by atoms with Crippen molar-refractivity contribution < 1.29 is 13.9 Å². The second-order valence-electron chi connectivity index (χ2n) is 3.57. The van der Waals surface area contributed by atoms with Crippen LogP contribution in [-0.4, -0.2) is 17.6 Å². The largest absolute Gasteiger partial charge is 0.469 e. The molecular formula is C11H12N2O4. The van der Waals surface area contributed by atoms with Crippen molar-refractivity contribution >= 4 is 22.8 Å². The summed E-state index contributed by atoms with van der Waals surface area (Å²) in [4.78, 5) is 22.6. The molecule has 0 aliphatic heterocycles. The summed E-state index contributed by atoms with van der Waals surface area (Å²) in [6, 6.07) is 4.91.